The van der Waals surface area contributed by atoms with Crippen molar-refractivity contribution >= 4 is 15.9 Å². The van der Waals surface area contributed by atoms with E-state index >= 15 is 0 Å². The zero-order chi connectivity index (χ0) is 22.5. The molecule has 162 valence electrons. The average Bonchev–Trinajstić information content (AvgIpc) is 2.84. The minimum atomic E-state index is -0.211. The van der Waals surface area contributed by atoms with Gasteiger partial charge in [-0.25, -0.2) is 0 Å². The number of rotatable bonds is 7. The third-order valence-electron chi connectivity index (χ3n) is 5.53. The predicted molar refractivity (Wildman–Crippen MR) is 131 cm³/mol. The van der Waals surface area contributed by atoms with Crippen molar-refractivity contribution in [3.63, 3.8) is 0 Å². The number of aromatic nitrogens is 1. The lowest BCUT2D eigenvalue weighted by Crippen LogP contribution is -2.26. The Balaban J connectivity index is 1.79. The van der Waals surface area contributed by atoms with Crippen LogP contribution in [0.25, 0.3) is 0 Å². The van der Waals surface area contributed by atoms with E-state index in [2.05, 4.69) is 15.9 Å². The molecule has 0 unspecified atom stereocenters. The Kier molecular flexibility index (Phi) is 6.76. The van der Waals surface area contributed by atoms with Crippen LogP contribution in [-0.4, -0.2) is 18.8 Å². The lowest BCUT2D eigenvalue weighted by Gasteiger charge is -2.20. The second-order valence-electron chi connectivity index (χ2n) is 7.50. The largest absolute Gasteiger partial charge is 0.497 e. The molecule has 0 bridgehead atoms. The van der Waals surface area contributed by atoms with Crippen LogP contribution in [0.15, 0.2) is 100 Å². The fourth-order valence-electron chi connectivity index (χ4n) is 3.83. The summed E-state index contributed by atoms with van der Waals surface area (Å²) in [5, 5.41) is 0. The average molecular weight is 490 g/mol. The summed E-state index contributed by atoms with van der Waals surface area (Å²) in [7, 11) is 3.29. The van der Waals surface area contributed by atoms with Crippen molar-refractivity contribution in [2.45, 2.75) is 12.5 Å². The summed E-state index contributed by atoms with van der Waals surface area (Å²) in [5.41, 5.74) is 3.83. The Morgan fingerprint density at radius 3 is 1.81 bits per heavy atom. The Bertz CT molecular complexity index is 1180. The second-order valence-corrected chi connectivity index (χ2v) is 8.42. The van der Waals surface area contributed by atoms with Gasteiger partial charge < -0.3 is 14.0 Å². The number of nitrogens with zero attached hydrogens (tertiary/aromatic N) is 1. The van der Waals surface area contributed by atoms with Gasteiger partial charge in [-0.2, -0.15) is 0 Å². The summed E-state index contributed by atoms with van der Waals surface area (Å²) in [6.45, 7) is 0.512. The Morgan fingerprint density at radius 1 is 0.781 bits per heavy atom. The van der Waals surface area contributed by atoms with Crippen LogP contribution in [0.4, 0.5) is 0 Å². The predicted octanol–water partition coefficient (Wildman–Crippen LogP) is 5.86. The molecule has 0 spiro atoms. The number of hydrogen-bond acceptors (Lipinski definition) is 3. The van der Waals surface area contributed by atoms with Crippen molar-refractivity contribution in [3.05, 3.63) is 128 Å². The zero-order valence-electron chi connectivity index (χ0n) is 18.0. The molecule has 3 aromatic carbocycles. The summed E-state index contributed by atoms with van der Waals surface area (Å²) in [4.78, 5) is 13.6. The van der Waals surface area contributed by atoms with E-state index < -0.39 is 0 Å². The molecule has 0 fully saturated rings. The van der Waals surface area contributed by atoms with E-state index in [-0.39, 0.29) is 11.5 Å². The van der Waals surface area contributed by atoms with Gasteiger partial charge in [0.1, 0.15) is 11.5 Å². The molecule has 0 amide bonds. The third-order valence-corrected chi connectivity index (χ3v) is 6.05. The Hall–Kier alpha value is -3.31. The van der Waals surface area contributed by atoms with Crippen molar-refractivity contribution in [2.24, 2.45) is 0 Å². The molecular weight excluding hydrogens is 466 g/mol. The van der Waals surface area contributed by atoms with Gasteiger partial charge in [0.15, 0.2) is 0 Å². The van der Waals surface area contributed by atoms with E-state index in [4.69, 9.17) is 9.47 Å². The zero-order valence-corrected chi connectivity index (χ0v) is 19.6. The molecule has 4 nitrogen and oxygen atoms in total. The lowest BCUT2D eigenvalue weighted by molar-refractivity contribution is 0.414. The van der Waals surface area contributed by atoms with Gasteiger partial charge in [-0.15, -0.1) is 0 Å². The highest BCUT2D eigenvalue weighted by atomic mass is 79.9. The summed E-state index contributed by atoms with van der Waals surface area (Å²) in [5.74, 6) is 1.35. The standard InChI is InChI=1S/C27H24BrNO3/c1-31-23-13-7-20(8-14-23)26(21-9-15-24(32-2)16-10-21)25-4-3-17-29(27(25)30)18-19-5-11-22(28)12-6-19/h3-17,26H,18H2,1-2H3. The first kappa shape index (κ1) is 21.9. The van der Waals surface area contributed by atoms with Gasteiger partial charge in [-0.05, 0) is 59.2 Å². The molecule has 0 N–H and O–H groups in total. The van der Waals surface area contributed by atoms with Gasteiger partial charge in [0, 0.05) is 22.2 Å². The maximum Gasteiger partial charge on any atom is 0.255 e. The van der Waals surface area contributed by atoms with Gasteiger partial charge in [-0.1, -0.05) is 58.4 Å². The van der Waals surface area contributed by atoms with Crippen LogP contribution >= 0.6 is 15.9 Å². The number of benzene rings is 3. The summed E-state index contributed by atoms with van der Waals surface area (Å²) >= 11 is 3.46. The van der Waals surface area contributed by atoms with E-state index in [1.165, 1.54) is 0 Å². The van der Waals surface area contributed by atoms with E-state index in [1.54, 1.807) is 18.8 Å². The van der Waals surface area contributed by atoms with Gasteiger partial charge >= 0.3 is 0 Å². The molecule has 1 heterocycles. The fourth-order valence-corrected chi connectivity index (χ4v) is 4.09. The molecule has 0 aliphatic carbocycles. The molecular formula is C27H24BrNO3. The SMILES string of the molecule is COc1ccc(C(c2ccc(OC)cc2)c2cccn(Cc3ccc(Br)cc3)c2=O)cc1. The maximum absolute atomic E-state index is 13.6. The summed E-state index contributed by atoms with van der Waals surface area (Å²) in [6.07, 6.45) is 1.84. The molecule has 0 saturated heterocycles. The quantitative estimate of drug-likeness (QED) is 0.326. The number of hydrogen-bond donors (Lipinski definition) is 0. The molecule has 4 rings (SSSR count). The smallest absolute Gasteiger partial charge is 0.255 e. The lowest BCUT2D eigenvalue weighted by atomic mass is 9.85. The van der Waals surface area contributed by atoms with Crippen LogP contribution in [-0.2, 0) is 6.54 Å². The van der Waals surface area contributed by atoms with Crippen LogP contribution in [0.1, 0.15) is 28.2 Å². The Labute approximate surface area is 196 Å². The summed E-state index contributed by atoms with van der Waals surface area (Å²) in [6, 6.07) is 27.6. The summed E-state index contributed by atoms with van der Waals surface area (Å²) < 4.78 is 13.4. The normalized spacial score (nSPS) is 10.9. The molecule has 4 aromatic rings. The van der Waals surface area contributed by atoms with Crippen molar-refractivity contribution in [3.8, 4) is 11.5 Å². The van der Waals surface area contributed by atoms with Crippen molar-refractivity contribution in [1.29, 1.82) is 0 Å². The van der Waals surface area contributed by atoms with Crippen molar-refractivity contribution in [2.75, 3.05) is 14.2 Å². The Morgan fingerprint density at radius 2 is 1.31 bits per heavy atom. The maximum atomic E-state index is 13.6. The van der Waals surface area contributed by atoms with Crippen molar-refractivity contribution < 1.29 is 9.47 Å². The van der Waals surface area contributed by atoms with Crippen LogP contribution < -0.4 is 15.0 Å². The first-order valence-electron chi connectivity index (χ1n) is 10.3. The number of methoxy groups -OCH3 is 2. The first-order chi connectivity index (χ1) is 15.6. The van der Waals surface area contributed by atoms with E-state index in [0.29, 0.717) is 6.54 Å². The number of ether oxygens (including phenoxy) is 2. The third kappa shape index (κ3) is 4.78. The van der Waals surface area contributed by atoms with Gasteiger partial charge in [0.25, 0.3) is 5.56 Å². The van der Waals surface area contributed by atoms with Gasteiger partial charge in [0.2, 0.25) is 0 Å². The number of pyridine rings is 1. The molecule has 32 heavy (non-hydrogen) atoms. The first-order valence-corrected chi connectivity index (χ1v) is 11.1. The highest BCUT2D eigenvalue weighted by Gasteiger charge is 2.21. The van der Waals surface area contributed by atoms with E-state index in [9.17, 15) is 4.79 Å². The van der Waals surface area contributed by atoms with E-state index in [0.717, 1.165) is 38.2 Å². The van der Waals surface area contributed by atoms with Crippen LogP contribution in [0.5, 0.6) is 11.5 Å². The van der Waals surface area contributed by atoms with Crippen LogP contribution in [0, 0.1) is 0 Å². The van der Waals surface area contributed by atoms with Crippen LogP contribution in [0.3, 0.4) is 0 Å². The van der Waals surface area contributed by atoms with Crippen LogP contribution in [0.2, 0.25) is 0 Å². The molecule has 0 aliphatic heterocycles. The molecule has 0 aliphatic rings. The number of halogens is 1. The fraction of sp³-hybridized carbons (Fsp3) is 0.148. The second kappa shape index (κ2) is 9.88. The molecule has 0 saturated carbocycles. The van der Waals surface area contributed by atoms with Gasteiger partial charge in [0.05, 0.1) is 20.8 Å². The highest BCUT2D eigenvalue weighted by Crippen LogP contribution is 2.32. The van der Waals surface area contributed by atoms with E-state index in [1.807, 2.05) is 91.1 Å². The molecule has 0 atom stereocenters. The highest BCUT2D eigenvalue weighted by molar-refractivity contribution is 9.10. The van der Waals surface area contributed by atoms with Gasteiger partial charge in [-0.3, -0.25) is 4.79 Å². The monoisotopic (exact) mass is 489 g/mol. The topological polar surface area (TPSA) is 40.5 Å². The minimum absolute atomic E-state index is 0.00736. The van der Waals surface area contributed by atoms with Crippen molar-refractivity contribution in [1.82, 2.24) is 4.57 Å². The minimum Gasteiger partial charge on any atom is -0.497 e. The molecule has 0 radical (unpaired) electrons. The molecule has 1 aromatic heterocycles. The molecule has 5 heteroatoms.